The molecule has 0 saturated heterocycles. The summed E-state index contributed by atoms with van der Waals surface area (Å²) in [6.07, 6.45) is 0. The number of methoxy groups -OCH3 is 2. The molecule has 24 heavy (non-hydrogen) atoms. The number of amides is 1. The Morgan fingerprint density at radius 2 is 1.96 bits per heavy atom. The van der Waals surface area contributed by atoms with Crippen molar-refractivity contribution >= 4 is 22.8 Å². The van der Waals surface area contributed by atoms with Crippen molar-refractivity contribution in [3.8, 4) is 11.5 Å². The summed E-state index contributed by atoms with van der Waals surface area (Å²) < 4.78 is 10.9. The highest BCUT2D eigenvalue weighted by atomic mass is 16.5. The third kappa shape index (κ3) is 2.78. The summed E-state index contributed by atoms with van der Waals surface area (Å²) >= 11 is 0. The van der Waals surface area contributed by atoms with Crippen molar-refractivity contribution in [2.75, 3.05) is 14.2 Å². The maximum Gasteiger partial charge on any atom is 0.328 e. The monoisotopic (exact) mass is 334 g/mol. The molecular formula is C16H18N2O6. The first kappa shape index (κ1) is 17.3. The van der Waals surface area contributed by atoms with Crippen LogP contribution < -0.4 is 15.6 Å². The van der Waals surface area contributed by atoms with Gasteiger partial charge < -0.3 is 24.5 Å². The molecule has 0 aliphatic rings. The second-order valence-electron chi connectivity index (χ2n) is 5.16. The maximum absolute atomic E-state index is 12.5. The molecular weight excluding hydrogens is 316 g/mol. The molecule has 128 valence electrons. The summed E-state index contributed by atoms with van der Waals surface area (Å²) in [6, 6.07) is 3.92. The largest absolute Gasteiger partial charge is 0.506 e. The molecule has 0 saturated carbocycles. The second-order valence-corrected chi connectivity index (χ2v) is 5.16. The molecule has 0 bridgehead atoms. The number of aromatic nitrogens is 1. The van der Waals surface area contributed by atoms with Crippen molar-refractivity contribution in [3.63, 3.8) is 0 Å². The smallest absolute Gasteiger partial charge is 0.328 e. The van der Waals surface area contributed by atoms with Crippen molar-refractivity contribution < 1.29 is 24.2 Å². The normalized spacial score (nSPS) is 11.8. The molecule has 0 fully saturated rings. The molecule has 1 atom stereocenters. The number of benzene rings is 1. The van der Waals surface area contributed by atoms with Crippen LogP contribution in [0.1, 0.15) is 17.3 Å². The lowest BCUT2D eigenvalue weighted by Gasteiger charge is -2.15. The van der Waals surface area contributed by atoms with Crippen LogP contribution in [0, 0.1) is 0 Å². The van der Waals surface area contributed by atoms with Crippen molar-refractivity contribution in [2.24, 2.45) is 7.05 Å². The van der Waals surface area contributed by atoms with Gasteiger partial charge in [0.2, 0.25) is 0 Å². The molecule has 2 N–H and O–H groups in total. The Bertz CT molecular complexity index is 871. The van der Waals surface area contributed by atoms with E-state index < -0.39 is 34.8 Å². The highest BCUT2D eigenvalue weighted by Gasteiger charge is 2.25. The number of rotatable bonds is 4. The number of hydrogen-bond donors (Lipinski definition) is 2. The van der Waals surface area contributed by atoms with E-state index in [1.54, 1.807) is 18.2 Å². The van der Waals surface area contributed by atoms with Gasteiger partial charge in [-0.1, -0.05) is 6.07 Å². The number of fused-ring (bicyclic) bond motifs is 1. The van der Waals surface area contributed by atoms with Gasteiger partial charge >= 0.3 is 5.97 Å². The van der Waals surface area contributed by atoms with Gasteiger partial charge in [0.25, 0.3) is 11.5 Å². The van der Waals surface area contributed by atoms with Gasteiger partial charge in [0.1, 0.15) is 23.1 Å². The molecule has 0 aliphatic heterocycles. The molecule has 0 aliphatic carbocycles. The van der Waals surface area contributed by atoms with Crippen LogP contribution in [0.25, 0.3) is 10.9 Å². The molecule has 1 heterocycles. The van der Waals surface area contributed by atoms with Crippen LogP contribution in [0.4, 0.5) is 0 Å². The van der Waals surface area contributed by atoms with Gasteiger partial charge in [-0.05, 0) is 19.1 Å². The van der Waals surface area contributed by atoms with Crippen molar-refractivity contribution in [1.29, 1.82) is 0 Å². The highest BCUT2D eigenvalue weighted by Crippen LogP contribution is 2.33. The number of aryl methyl sites for hydroxylation is 1. The fourth-order valence-electron chi connectivity index (χ4n) is 2.42. The van der Waals surface area contributed by atoms with E-state index in [0.717, 1.165) is 0 Å². The number of hydrogen-bond acceptors (Lipinski definition) is 6. The minimum atomic E-state index is -0.972. The van der Waals surface area contributed by atoms with Crippen LogP contribution in [-0.2, 0) is 16.6 Å². The Labute approximate surface area is 137 Å². The molecule has 0 spiro atoms. The van der Waals surface area contributed by atoms with Gasteiger partial charge in [0, 0.05) is 7.05 Å². The molecule has 8 heteroatoms. The number of esters is 1. The Kier molecular flexibility index (Phi) is 4.77. The quantitative estimate of drug-likeness (QED) is 0.791. The summed E-state index contributed by atoms with van der Waals surface area (Å²) in [5.41, 5.74) is -0.748. The predicted molar refractivity (Wildman–Crippen MR) is 86.4 cm³/mol. The Balaban J connectivity index is 2.65. The Morgan fingerprint density at radius 1 is 1.29 bits per heavy atom. The number of carbonyl (C=O) groups excluding carboxylic acids is 2. The minimum Gasteiger partial charge on any atom is -0.506 e. The summed E-state index contributed by atoms with van der Waals surface area (Å²) in [7, 11) is 4.07. The van der Waals surface area contributed by atoms with Gasteiger partial charge in [0.15, 0.2) is 0 Å². The first-order valence-electron chi connectivity index (χ1n) is 7.10. The van der Waals surface area contributed by atoms with Crippen molar-refractivity contribution in [3.05, 3.63) is 34.1 Å². The highest BCUT2D eigenvalue weighted by molar-refractivity contribution is 6.05. The van der Waals surface area contributed by atoms with E-state index in [2.05, 4.69) is 10.1 Å². The molecule has 8 nitrogen and oxygen atoms in total. The molecule has 1 aromatic heterocycles. The number of aromatic hydroxyl groups is 1. The summed E-state index contributed by atoms with van der Waals surface area (Å²) in [5.74, 6) is -1.73. The zero-order valence-electron chi connectivity index (χ0n) is 13.7. The predicted octanol–water partition coefficient (Wildman–Crippen LogP) is 0.544. The molecule has 0 unspecified atom stereocenters. The molecule has 0 radical (unpaired) electrons. The lowest BCUT2D eigenvalue weighted by atomic mass is 10.1. The minimum absolute atomic E-state index is 0.234. The topological polar surface area (TPSA) is 107 Å². The Hall–Kier alpha value is -3.03. The van der Waals surface area contributed by atoms with E-state index in [9.17, 15) is 19.5 Å². The lowest BCUT2D eigenvalue weighted by Crippen LogP contribution is -2.41. The second kappa shape index (κ2) is 6.61. The van der Waals surface area contributed by atoms with Crippen LogP contribution >= 0.6 is 0 Å². The van der Waals surface area contributed by atoms with E-state index in [1.165, 1.54) is 32.8 Å². The first-order chi connectivity index (χ1) is 11.3. The molecule has 2 rings (SSSR count). The molecule has 2 aromatic rings. The zero-order chi connectivity index (χ0) is 18.0. The summed E-state index contributed by atoms with van der Waals surface area (Å²) in [5, 5.41) is 13.0. The molecule has 1 amide bonds. The van der Waals surface area contributed by atoms with Crippen LogP contribution in [0.2, 0.25) is 0 Å². The average molecular weight is 334 g/mol. The fourth-order valence-corrected chi connectivity index (χ4v) is 2.42. The van der Waals surface area contributed by atoms with Crippen LogP contribution in [0.5, 0.6) is 11.5 Å². The number of ether oxygens (including phenoxy) is 2. The maximum atomic E-state index is 12.5. The number of nitrogens with zero attached hydrogens (tertiary/aromatic N) is 1. The summed E-state index contributed by atoms with van der Waals surface area (Å²) in [4.78, 5) is 36.3. The van der Waals surface area contributed by atoms with Gasteiger partial charge in [-0.15, -0.1) is 0 Å². The van der Waals surface area contributed by atoms with Gasteiger partial charge in [-0.3, -0.25) is 9.59 Å². The van der Waals surface area contributed by atoms with E-state index in [1.807, 2.05) is 0 Å². The van der Waals surface area contributed by atoms with Gasteiger partial charge in [-0.2, -0.15) is 0 Å². The number of nitrogens with one attached hydrogen (secondary N) is 1. The third-order valence-electron chi connectivity index (χ3n) is 3.71. The van der Waals surface area contributed by atoms with Gasteiger partial charge in [0.05, 0.1) is 25.1 Å². The van der Waals surface area contributed by atoms with Crippen molar-refractivity contribution in [1.82, 2.24) is 9.88 Å². The zero-order valence-corrected chi connectivity index (χ0v) is 13.7. The molecule has 1 aromatic carbocycles. The fraction of sp³-hybridized carbons (Fsp3) is 0.312. The standard InChI is InChI=1S/C16H18N2O6/c1-8(16(22)24-4)17-14(20)12-13(19)11-9(18(2)15(12)21)6-5-7-10(11)23-3/h5-8,19H,1-4H3,(H,17,20)/t8-/m0/s1. The van der Waals surface area contributed by atoms with Crippen LogP contribution in [0.15, 0.2) is 23.0 Å². The SMILES string of the molecule is COC(=O)[C@H](C)NC(=O)c1c(O)c2c(OC)cccc2n(C)c1=O. The Morgan fingerprint density at radius 3 is 2.54 bits per heavy atom. The number of pyridine rings is 1. The van der Waals surface area contributed by atoms with Gasteiger partial charge in [-0.25, -0.2) is 4.79 Å². The average Bonchev–Trinajstić information content (AvgIpc) is 2.58. The lowest BCUT2D eigenvalue weighted by molar-refractivity contribution is -0.142. The van der Waals surface area contributed by atoms with Crippen molar-refractivity contribution in [2.45, 2.75) is 13.0 Å². The first-order valence-corrected chi connectivity index (χ1v) is 7.10. The van der Waals surface area contributed by atoms with E-state index in [-0.39, 0.29) is 5.39 Å². The summed E-state index contributed by atoms with van der Waals surface area (Å²) in [6.45, 7) is 1.41. The van der Waals surface area contributed by atoms with Crippen LogP contribution in [-0.4, -0.2) is 41.8 Å². The number of carbonyl (C=O) groups is 2. The van der Waals surface area contributed by atoms with E-state index in [4.69, 9.17) is 4.74 Å². The third-order valence-corrected chi connectivity index (χ3v) is 3.71. The van der Waals surface area contributed by atoms with Crippen LogP contribution in [0.3, 0.4) is 0 Å². The van der Waals surface area contributed by atoms with E-state index in [0.29, 0.717) is 11.3 Å². The van der Waals surface area contributed by atoms with E-state index >= 15 is 0 Å².